The van der Waals surface area contributed by atoms with Crippen LogP contribution in [0.15, 0.2) is 53.3 Å². The van der Waals surface area contributed by atoms with E-state index in [1.807, 2.05) is 13.8 Å². The van der Waals surface area contributed by atoms with Gasteiger partial charge in [0.25, 0.3) is 17.4 Å². The molecule has 0 saturated heterocycles. The lowest BCUT2D eigenvalue weighted by atomic mass is 10.2. The Kier molecular flexibility index (Phi) is 7.93. The van der Waals surface area contributed by atoms with Gasteiger partial charge in [0.05, 0.1) is 12.3 Å². The maximum Gasteiger partial charge on any atom is 0.274 e. The minimum atomic E-state index is -0.658. The van der Waals surface area contributed by atoms with Gasteiger partial charge in [-0.05, 0) is 43.7 Å². The van der Waals surface area contributed by atoms with Gasteiger partial charge in [-0.2, -0.15) is 0 Å². The highest BCUT2D eigenvalue weighted by atomic mass is 35.5. The van der Waals surface area contributed by atoms with Crippen LogP contribution in [-0.2, 0) is 6.42 Å². The summed E-state index contributed by atoms with van der Waals surface area (Å²) in [5, 5.41) is 6.14. The van der Waals surface area contributed by atoms with E-state index in [1.54, 1.807) is 24.3 Å². The van der Waals surface area contributed by atoms with E-state index in [0.717, 1.165) is 22.2 Å². The molecule has 8 nitrogen and oxygen atoms in total. The number of rotatable bonds is 8. The number of fused-ring (bicyclic) bond motifs is 1. The molecular weight excluding hydrogens is 523 g/mol. The molecule has 0 aliphatic carbocycles. The molecule has 2 aromatic carbocycles. The van der Waals surface area contributed by atoms with Crippen molar-refractivity contribution in [3.8, 4) is 5.75 Å². The van der Waals surface area contributed by atoms with Crippen LogP contribution < -0.4 is 20.9 Å². The summed E-state index contributed by atoms with van der Waals surface area (Å²) in [5.74, 6) is -0.804. The number of thiazole rings is 1. The van der Waals surface area contributed by atoms with Crippen LogP contribution in [0.4, 0.5) is 11.4 Å². The molecule has 0 unspecified atom stereocenters. The predicted octanol–water partition coefficient (Wildman–Crippen LogP) is 5.92. The summed E-state index contributed by atoms with van der Waals surface area (Å²) >= 11 is 13.1. The van der Waals surface area contributed by atoms with E-state index in [0.29, 0.717) is 45.9 Å². The van der Waals surface area contributed by atoms with Crippen LogP contribution in [0.3, 0.4) is 0 Å². The monoisotopic (exact) mass is 544 g/mol. The first-order valence-electron chi connectivity index (χ1n) is 11.2. The van der Waals surface area contributed by atoms with E-state index in [2.05, 4.69) is 15.6 Å². The van der Waals surface area contributed by atoms with Crippen molar-refractivity contribution in [1.82, 2.24) is 9.38 Å². The average Bonchev–Trinajstić information content (AvgIpc) is 3.20. The number of amides is 2. The lowest BCUT2D eigenvalue weighted by Crippen LogP contribution is -2.25. The number of carbonyl (C=O) groups is 2. The molecular formula is C25H22Cl2N4O4S. The Labute approximate surface area is 220 Å². The van der Waals surface area contributed by atoms with E-state index in [1.165, 1.54) is 24.3 Å². The van der Waals surface area contributed by atoms with Crippen molar-refractivity contribution in [3.63, 3.8) is 0 Å². The number of nitrogens with zero attached hydrogens (tertiary/aromatic N) is 2. The van der Waals surface area contributed by atoms with Crippen molar-refractivity contribution in [1.29, 1.82) is 0 Å². The van der Waals surface area contributed by atoms with E-state index >= 15 is 0 Å². The second kappa shape index (κ2) is 11.1. The van der Waals surface area contributed by atoms with Gasteiger partial charge >= 0.3 is 0 Å². The topological polar surface area (TPSA) is 102 Å². The smallest absolute Gasteiger partial charge is 0.274 e. The predicted molar refractivity (Wildman–Crippen MR) is 143 cm³/mol. The number of nitrogens with one attached hydrogen (secondary N) is 2. The van der Waals surface area contributed by atoms with Crippen molar-refractivity contribution in [2.75, 3.05) is 17.2 Å². The molecule has 4 aromatic rings. The van der Waals surface area contributed by atoms with Gasteiger partial charge < -0.3 is 15.4 Å². The number of aromatic nitrogens is 2. The number of benzene rings is 2. The number of halogens is 2. The Morgan fingerprint density at radius 3 is 2.44 bits per heavy atom. The highest BCUT2D eigenvalue weighted by Gasteiger charge is 2.27. The molecule has 4 rings (SSSR count). The molecule has 2 N–H and O–H groups in total. The first-order chi connectivity index (χ1) is 17.3. The van der Waals surface area contributed by atoms with Crippen molar-refractivity contribution in [2.45, 2.75) is 26.7 Å². The van der Waals surface area contributed by atoms with E-state index < -0.39 is 17.4 Å². The Hall–Kier alpha value is -3.40. The summed E-state index contributed by atoms with van der Waals surface area (Å²) < 4.78 is 6.75. The molecule has 0 fully saturated rings. The van der Waals surface area contributed by atoms with E-state index in [-0.39, 0.29) is 15.5 Å². The summed E-state index contributed by atoms with van der Waals surface area (Å²) in [7, 11) is 0. The normalized spacial score (nSPS) is 10.9. The molecule has 2 amide bonds. The molecule has 36 heavy (non-hydrogen) atoms. The molecule has 0 aliphatic heterocycles. The molecule has 2 aromatic heterocycles. The maximum absolute atomic E-state index is 13.5. The Morgan fingerprint density at radius 2 is 1.75 bits per heavy atom. The van der Waals surface area contributed by atoms with Gasteiger partial charge in [0, 0.05) is 27.5 Å². The number of hydrogen-bond donors (Lipinski definition) is 2. The number of ether oxygens (including phenoxy) is 1. The van der Waals surface area contributed by atoms with Crippen molar-refractivity contribution < 1.29 is 14.3 Å². The van der Waals surface area contributed by atoms with Gasteiger partial charge in [-0.15, -0.1) is 0 Å². The van der Waals surface area contributed by atoms with Gasteiger partial charge in [-0.25, -0.2) is 9.38 Å². The molecule has 0 saturated carbocycles. The summed E-state index contributed by atoms with van der Waals surface area (Å²) in [4.78, 5) is 44.7. The number of anilines is 2. The summed E-state index contributed by atoms with van der Waals surface area (Å²) in [6.45, 7) is 4.20. The highest BCUT2D eigenvalue weighted by Crippen LogP contribution is 2.28. The van der Waals surface area contributed by atoms with Crippen LogP contribution in [0.5, 0.6) is 5.75 Å². The summed E-state index contributed by atoms with van der Waals surface area (Å²) in [6, 6.07) is 12.9. The Morgan fingerprint density at radius 1 is 1.03 bits per heavy atom. The molecule has 0 aliphatic rings. The number of hydrogen-bond acceptors (Lipinski definition) is 6. The zero-order chi connectivity index (χ0) is 25.8. The molecule has 11 heteroatoms. The Balaban J connectivity index is 1.81. The standard InChI is InChI=1S/C25H22Cl2N4O4S/c1-3-7-16-13-20(32)31-21(23(33)30-18-8-5-6-9-19(18)35-4-2)22(36-25(31)29-16)24(34)28-17-11-14(26)10-15(27)12-17/h5-6,8-13H,3-4,7H2,1-2H3,(H,28,34)(H,30,33). The zero-order valence-corrected chi connectivity index (χ0v) is 21.8. The minimum Gasteiger partial charge on any atom is -0.492 e. The maximum atomic E-state index is 13.5. The van der Waals surface area contributed by atoms with Crippen LogP contribution >= 0.6 is 34.5 Å². The van der Waals surface area contributed by atoms with Gasteiger partial charge in [-0.1, -0.05) is 60.0 Å². The zero-order valence-electron chi connectivity index (χ0n) is 19.4. The SMILES string of the molecule is CCCc1cc(=O)n2c(C(=O)Nc3ccccc3OCC)c(C(=O)Nc3cc(Cl)cc(Cl)c3)sc2n1. The third kappa shape index (κ3) is 5.53. The van der Waals surface area contributed by atoms with Crippen molar-refractivity contribution >= 4 is 62.7 Å². The lowest BCUT2D eigenvalue weighted by Gasteiger charge is -2.12. The molecule has 0 radical (unpaired) electrons. The molecule has 0 atom stereocenters. The second-order valence-corrected chi connectivity index (χ2v) is 9.58. The molecule has 0 spiro atoms. The first-order valence-corrected chi connectivity index (χ1v) is 12.7. The fourth-order valence-corrected chi connectivity index (χ4v) is 5.18. The fourth-order valence-electron chi connectivity index (χ4n) is 3.61. The lowest BCUT2D eigenvalue weighted by molar-refractivity contribution is 0.0989. The Bertz CT molecular complexity index is 1500. The van der Waals surface area contributed by atoms with Gasteiger partial charge in [0.2, 0.25) is 0 Å². The van der Waals surface area contributed by atoms with Crippen LogP contribution in [-0.4, -0.2) is 27.8 Å². The number of para-hydroxylation sites is 2. The first kappa shape index (κ1) is 25.7. The van der Waals surface area contributed by atoms with Crippen LogP contribution in [0.2, 0.25) is 10.0 Å². The summed E-state index contributed by atoms with van der Waals surface area (Å²) in [5.41, 5.74) is 0.751. The van der Waals surface area contributed by atoms with Gasteiger partial charge in [0.1, 0.15) is 16.3 Å². The fraction of sp³-hybridized carbons (Fsp3) is 0.200. The van der Waals surface area contributed by atoms with Crippen molar-refractivity contribution in [3.05, 3.63) is 85.2 Å². The van der Waals surface area contributed by atoms with Crippen LogP contribution in [0.1, 0.15) is 46.1 Å². The quantitative estimate of drug-likeness (QED) is 0.286. The van der Waals surface area contributed by atoms with Crippen LogP contribution in [0.25, 0.3) is 4.96 Å². The third-order valence-electron chi connectivity index (χ3n) is 5.06. The second-order valence-electron chi connectivity index (χ2n) is 7.73. The molecule has 2 heterocycles. The van der Waals surface area contributed by atoms with Gasteiger partial charge in [0.15, 0.2) is 4.96 Å². The van der Waals surface area contributed by atoms with Crippen molar-refractivity contribution in [2.24, 2.45) is 0 Å². The summed E-state index contributed by atoms with van der Waals surface area (Å²) in [6.07, 6.45) is 1.38. The van der Waals surface area contributed by atoms with Gasteiger partial charge in [-0.3, -0.25) is 14.4 Å². The molecule has 186 valence electrons. The molecule has 0 bridgehead atoms. The van der Waals surface area contributed by atoms with E-state index in [4.69, 9.17) is 27.9 Å². The van der Waals surface area contributed by atoms with Crippen LogP contribution in [0, 0.1) is 0 Å². The minimum absolute atomic E-state index is 0.00994. The third-order valence-corrected chi connectivity index (χ3v) is 6.53. The van der Waals surface area contributed by atoms with E-state index in [9.17, 15) is 14.4 Å². The number of carbonyl (C=O) groups excluding carboxylic acids is 2. The number of aryl methyl sites for hydroxylation is 1. The average molecular weight is 545 g/mol. The largest absolute Gasteiger partial charge is 0.492 e. The highest BCUT2D eigenvalue weighted by molar-refractivity contribution is 7.19.